The maximum atomic E-state index is 5.93. The third kappa shape index (κ3) is 2.09. The Balaban J connectivity index is 3.20. The lowest BCUT2D eigenvalue weighted by Crippen LogP contribution is -2.41. The summed E-state index contributed by atoms with van der Waals surface area (Å²) in [5.74, 6) is 5.62. The van der Waals surface area contributed by atoms with Gasteiger partial charge in [0, 0.05) is 0 Å². The highest BCUT2D eigenvalue weighted by molar-refractivity contribution is 7.80. The summed E-state index contributed by atoms with van der Waals surface area (Å²) in [5.41, 5.74) is 6.96. The molecule has 0 saturated heterocycles. The molecule has 0 unspecified atom stereocenters. The van der Waals surface area contributed by atoms with Gasteiger partial charge in [-0.15, -0.1) is 0 Å². The standard InChI is InChI=1S/C8H10ClN3S/c1-5-3-2-4-6(9)7(5)12(11)8(10)13/h2-4H,11H2,1H3,(H2,10,13). The Bertz CT molecular complexity index is 320. The number of benzene rings is 1. The van der Waals surface area contributed by atoms with Crippen LogP contribution in [0.5, 0.6) is 0 Å². The van der Waals surface area contributed by atoms with Crippen molar-refractivity contribution in [3.63, 3.8) is 0 Å². The second-order valence-electron chi connectivity index (χ2n) is 2.61. The summed E-state index contributed by atoms with van der Waals surface area (Å²) >= 11 is 10.7. The number of para-hydroxylation sites is 1. The van der Waals surface area contributed by atoms with Gasteiger partial charge in [0.2, 0.25) is 0 Å². The zero-order valence-corrected chi connectivity index (χ0v) is 8.69. The molecule has 0 aliphatic heterocycles. The molecule has 0 amide bonds. The largest absolute Gasteiger partial charge is 0.375 e. The van der Waals surface area contributed by atoms with E-state index in [-0.39, 0.29) is 5.11 Å². The summed E-state index contributed by atoms with van der Waals surface area (Å²) in [7, 11) is 0. The molecule has 70 valence electrons. The Morgan fingerprint density at radius 1 is 1.54 bits per heavy atom. The van der Waals surface area contributed by atoms with Crippen molar-refractivity contribution in [1.29, 1.82) is 0 Å². The first-order chi connectivity index (χ1) is 6.04. The average Bonchev–Trinajstić information content (AvgIpc) is 2.03. The summed E-state index contributed by atoms with van der Waals surface area (Å²) in [6, 6.07) is 5.47. The van der Waals surface area contributed by atoms with Gasteiger partial charge < -0.3 is 5.73 Å². The molecule has 13 heavy (non-hydrogen) atoms. The van der Waals surface area contributed by atoms with Crippen molar-refractivity contribution >= 4 is 34.6 Å². The summed E-state index contributed by atoms with van der Waals surface area (Å²) in [4.78, 5) is 0. The maximum absolute atomic E-state index is 5.93. The molecule has 0 saturated carbocycles. The number of thiocarbonyl (C=S) groups is 1. The van der Waals surface area contributed by atoms with Gasteiger partial charge in [0.05, 0.1) is 10.7 Å². The van der Waals surface area contributed by atoms with Gasteiger partial charge in [0.15, 0.2) is 5.11 Å². The molecular weight excluding hydrogens is 206 g/mol. The monoisotopic (exact) mass is 215 g/mol. The SMILES string of the molecule is Cc1cccc(Cl)c1N(N)C(N)=S. The van der Waals surface area contributed by atoms with Crippen LogP contribution in [0, 0.1) is 6.92 Å². The number of rotatable bonds is 1. The topological polar surface area (TPSA) is 55.3 Å². The van der Waals surface area contributed by atoms with Crippen LogP contribution in [-0.4, -0.2) is 5.11 Å². The van der Waals surface area contributed by atoms with Gasteiger partial charge >= 0.3 is 0 Å². The van der Waals surface area contributed by atoms with Crippen molar-refractivity contribution in [1.82, 2.24) is 0 Å². The lowest BCUT2D eigenvalue weighted by Gasteiger charge is -2.19. The number of hydrazine groups is 1. The van der Waals surface area contributed by atoms with Crippen molar-refractivity contribution < 1.29 is 0 Å². The van der Waals surface area contributed by atoms with E-state index >= 15 is 0 Å². The predicted molar refractivity (Wildman–Crippen MR) is 59.6 cm³/mol. The lowest BCUT2D eigenvalue weighted by atomic mass is 10.2. The molecule has 3 nitrogen and oxygen atoms in total. The maximum Gasteiger partial charge on any atom is 0.185 e. The molecule has 0 fully saturated rings. The van der Waals surface area contributed by atoms with Crippen molar-refractivity contribution in [3.8, 4) is 0 Å². The molecule has 1 rings (SSSR count). The van der Waals surface area contributed by atoms with Gasteiger partial charge in [-0.2, -0.15) is 0 Å². The third-order valence-electron chi connectivity index (χ3n) is 1.67. The van der Waals surface area contributed by atoms with E-state index in [1.165, 1.54) is 5.01 Å². The zero-order chi connectivity index (χ0) is 10.0. The molecule has 0 bridgehead atoms. The molecule has 0 radical (unpaired) electrons. The fourth-order valence-electron chi connectivity index (χ4n) is 1.04. The number of hydrogen-bond acceptors (Lipinski definition) is 2. The van der Waals surface area contributed by atoms with Gasteiger partial charge in [-0.05, 0) is 30.8 Å². The molecule has 1 aromatic carbocycles. The van der Waals surface area contributed by atoms with Gasteiger partial charge in [-0.25, -0.2) is 5.84 Å². The normalized spacial score (nSPS) is 9.77. The minimum Gasteiger partial charge on any atom is -0.375 e. The fourth-order valence-corrected chi connectivity index (χ4v) is 1.44. The number of halogens is 1. The van der Waals surface area contributed by atoms with E-state index in [1.54, 1.807) is 6.07 Å². The predicted octanol–water partition coefficient (Wildman–Crippen LogP) is 1.57. The molecule has 1 aromatic rings. The highest BCUT2D eigenvalue weighted by atomic mass is 35.5. The summed E-state index contributed by atoms with van der Waals surface area (Å²) in [5, 5.41) is 1.83. The van der Waals surface area contributed by atoms with Crippen molar-refractivity contribution in [3.05, 3.63) is 28.8 Å². The molecule has 0 aliphatic rings. The van der Waals surface area contributed by atoms with Gasteiger partial charge in [-0.3, -0.25) is 5.01 Å². The van der Waals surface area contributed by atoms with E-state index in [1.807, 2.05) is 19.1 Å². The van der Waals surface area contributed by atoms with E-state index in [4.69, 9.17) is 35.4 Å². The van der Waals surface area contributed by atoms with E-state index in [2.05, 4.69) is 0 Å². The molecular formula is C8H10ClN3S. The zero-order valence-electron chi connectivity index (χ0n) is 7.12. The van der Waals surface area contributed by atoms with Crippen LogP contribution in [0.1, 0.15) is 5.56 Å². The first kappa shape index (κ1) is 10.2. The Morgan fingerprint density at radius 3 is 2.62 bits per heavy atom. The number of aryl methyl sites for hydroxylation is 1. The van der Waals surface area contributed by atoms with Crippen LogP contribution in [0.4, 0.5) is 5.69 Å². The van der Waals surface area contributed by atoms with Crippen LogP contribution < -0.4 is 16.6 Å². The number of nitrogens with zero attached hydrogens (tertiary/aromatic N) is 1. The molecule has 0 spiro atoms. The Labute approximate surface area is 87.2 Å². The van der Waals surface area contributed by atoms with Crippen LogP contribution in [0.2, 0.25) is 5.02 Å². The van der Waals surface area contributed by atoms with E-state index in [0.29, 0.717) is 10.7 Å². The molecule has 0 heterocycles. The van der Waals surface area contributed by atoms with Gasteiger partial charge in [-0.1, -0.05) is 23.7 Å². The van der Waals surface area contributed by atoms with Crippen molar-refractivity contribution in [2.24, 2.45) is 11.6 Å². The first-order valence-corrected chi connectivity index (χ1v) is 4.42. The summed E-state index contributed by atoms with van der Waals surface area (Å²) in [6.07, 6.45) is 0. The van der Waals surface area contributed by atoms with Gasteiger partial charge in [0.1, 0.15) is 0 Å². The molecule has 5 heteroatoms. The quantitative estimate of drug-likeness (QED) is 0.424. The van der Waals surface area contributed by atoms with Crippen LogP contribution in [0.15, 0.2) is 18.2 Å². The molecule has 0 aromatic heterocycles. The fraction of sp³-hybridized carbons (Fsp3) is 0.125. The van der Waals surface area contributed by atoms with Crippen molar-refractivity contribution in [2.75, 3.05) is 5.01 Å². The summed E-state index contributed by atoms with van der Waals surface area (Å²) < 4.78 is 0. The highest BCUT2D eigenvalue weighted by Gasteiger charge is 2.10. The smallest absolute Gasteiger partial charge is 0.185 e. The molecule has 0 aliphatic carbocycles. The highest BCUT2D eigenvalue weighted by Crippen LogP contribution is 2.27. The van der Waals surface area contributed by atoms with Crippen LogP contribution in [-0.2, 0) is 0 Å². The van der Waals surface area contributed by atoms with E-state index in [0.717, 1.165) is 5.56 Å². The van der Waals surface area contributed by atoms with Crippen LogP contribution >= 0.6 is 23.8 Å². The second-order valence-corrected chi connectivity index (χ2v) is 3.44. The number of nitrogens with two attached hydrogens (primary N) is 2. The first-order valence-electron chi connectivity index (χ1n) is 3.63. The average molecular weight is 216 g/mol. The van der Waals surface area contributed by atoms with E-state index in [9.17, 15) is 0 Å². The van der Waals surface area contributed by atoms with E-state index < -0.39 is 0 Å². The van der Waals surface area contributed by atoms with Crippen LogP contribution in [0.25, 0.3) is 0 Å². The number of anilines is 1. The number of hydrogen-bond donors (Lipinski definition) is 2. The Hall–Kier alpha value is -0.840. The third-order valence-corrected chi connectivity index (χ3v) is 2.17. The molecule has 0 atom stereocenters. The van der Waals surface area contributed by atoms with Crippen molar-refractivity contribution in [2.45, 2.75) is 6.92 Å². The van der Waals surface area contributed by atoms with Crippen LogP contribution in [0.3, 0.4) is 0 Å². The second kappa shape index (κ2) is 3.91. The Kier molecular flexibility index (Phi) is 3.08. The Morgan fingerprint density at radius 2 is 2.15 bits per heavy atom. The minimum absolute atomic E-state index is 0.0937. The summed E-state index contributed by atoms with van der Waals surface area (Å²) in [6.45, 7) is 1.89. The van der Waals surface area contributed by atoms with Gasteiger partial charge in [0.25, 0.3) is 0 Å². The minimum atomic E-state index is 0.0937. The molecule has 4 N–H and O–H groups in total. The lowest BCUT2D eigenvalue weighted by molar-refractivity contribution is 1.12.